The first-order valence-electron chi connectivity index (χ1n) is 2.62. The number of halogens is 13. The molecule has 0 spiro atoms. The predicted molar refractivity (Wildman–Crippen MR) is 53.1 cm³/mol. The Bertz CT molecular complexity index is 96.8. The van der Waals surface area contributed by atoms with Gasteiger partial charge in [0, 0.05) is 0 Å². The van der Waals surface area contributed by atoms with Crippen LogP contribution in [0.2, 0.25) is 0 Å². The third kappa shape index (κ3) is 7730. The Morgan fingerprint density at radius 2 is 0.353 bits per heavy atom. The molecule has 0 saturated heterocycles. The van der Waals surface area contributed by atoms with Gasteiger partial charge in [0.15, 0.2) is 0 Å². The molecule has 0 bridgehead atoms. The van der Waals surface area contributed by atoms with Gasteiger partial charge in [-0.25, -0.2) is 0 Å². The molecule has 0 aromatic carbocycles. The summed E-state index contributed by atoms with van der Waals surface area (Å²) in [5.74, 6) is 0. The van der Waals surface area contributed by atoms with Crippen LogP contribution in [-0.2, 0) is 0 Å². The second kappa shape index (κ2) is 11.8. The fourth-order valence-electron chi connectivity index (χ4n) is 0. The topological polar surface area (TPSA) is 0 Å². The molecule has 0 radical (unpaired) electrons. The zero-order chi connectivity index (χ0) is 13.5. The monoisotopic (exact) mass is 397 g/mol. The van der Waals surface area contributed by atoms with Crippen molar-refractivity contribution in [1.82, 2.24) is 0 Å². The van der Waals surface area contributed by atoms with Crippen molar-refractivity contribution in [2.24, 2.45) is 0 Å². The Balaban J connectivity index is -0.0000000400. The Hall–Kier alpha value is 0.682. The molecule has 0 saturated carbocycles. The van der Waals surface area contributed by atoms with Gasteiger partial charge in [-0.3, -0.25) is 0 Å². The second-order valence-corrected chi connectivity index (χ2v) is 1.48. The third-order valence-corrected chi connectivity index (χ3v) is 0. The molecule has 106 valence electrons. The van der Waals surface area contributed by atoms with Crippen LogP contribution >= 0.6 is 24.0 Å². The average Bonchev–Trinajstić information content (AvgIpc) is 1.41. The maximum absolute atomic E-state index is 9.75. The Morgan fingerprint density at radius 3 is 0.353 bits per heavy atom. The van der Waals surface area contributed by atoms with Crippen molar-refractivity contribution in [3.8, 4) is 0 Å². The number of hydrogen-bond donors (Lipinski definition) is 0. The van der Waals surface area contributed by atoms with E-state index in [1.165, 1.54) is 0 Å². The summed E-state index contributed by atoms with van der Waals surface area (Å²) in [6.07, 6.45) is 0. The molecule has 17 heavy (non-hydrogen) atoms. The van der Waals surface area contributed by atoms with Crippen LogP contribution in [0.4, 0.5) is 51.8 Å². The van der Waals surface area contributed by atoms with Crippen LogP contribution in [0.1, 0.15) is 0 Å². The van der Waals surface area contributed by atoms with Crippen molar-refractivity contribution in [2.75, 3.05) is 0 Å². The fourth-order valence-corrected chi connectivity index (χ4v) is 0. The molecule has 0 rings (SSSR count). The van der Waals surface area contributed by atoms with E-state index in [1.807, 2.05) is 0 Å². The van der Waals surface area contributed by atoms with Gasteiger partial charge in [-0.1, -0.05) is 0 Å². The minimum atomic E-state index is -6.00. The zero-order valence-corrected chi connectivity index (χ0v) is 9.01. The van der Waals surface area contributed by atoms with Gasteiger partial charge in [-0.2, -0.15) is 0 Å². The van der Waals surface area contributed by atoms with Crippen LogP contribution in [0.5, 0.6) is 0 Å². The summed E-state index contributed by atoms with van der Waals surface area (Å²) in [4.78, 5) is 0. The zero-order valence-electron chi connectivity index (χ0n) is 6.68. The normalized spacial score (nSPS) is 10.6. The summed E-state index contributed by atoms with van der Waals surface area (Å²) in [6, 6.07) is 0. The first-order chi connectivity index (χ1) is 6.00. The van der Waals surface area contributed by atoms with E-state index in [9.17, 15) is 51.8 Å². The summed E-state index contributed by atoms with van der Waals surface area (Å²) in [5.41, 5.74) is 0. The second-order valence-electron chi connectivity index (χ2n) is 1.48. The minimum absolute atomic E-state index is 0. The van der Waals surface area contributed by atoms with Crippen molar-refractivity contribution >= 4 is 64.6 Å². The Labute approximate surface area is 116 Å². The summed E-state index contributed by atoms with van der Waals surface area (Å²) >= 11 is 0. The van der Waals surface area contributed by atoms with E-state index in [0.717, 1.165) is 0 Å². The van der Waals surface area contributed by atoms with Gasteiger partial charge in [0.05, 0.1) is 0 Å². The molecule has 0 nitrogen and oxygen atoms in total. The summed E-state index contributed by atoms with van der Waals surface area (Å²) in [5, 5.41) is 0. The van der Waals surface area contributed by atoms with E-state index in [4.69, 9.17) is 0 Å². The van der Waals surface area contributed by atoms with Crippen LogP contribution < -0.4 is 0 Å². The molecule has 0 atom stereocenters. The molecule has 0 N–H and O–H groups in total. The third-order valence-electron chi connectivity index (χ3n) is 0. The summed E-state index contributed by atoms with van der Waals surface area (Å²) in [6.45, 7) is 0. The van der Waals surface area contributed by atoms with Crippen molar-refractivity contribution in [3.63, 3.8) is 0 Å². The van der Waals surface area contributed by atoms with Crippen LogP contribution in [0.15, 0.2) is 0 Å². The summed E-state index contributed by atoms with van der Waals surface area (Å²) < 4.78 is 117. The Morgan fingerprint density at radius 1 is 0.353 bits per heavy atom. The average molecular weight is 396 g/mol. The fraction of sp³-hybridized carbons (Fsp3) is 0. The van der Waals surface area contributed by atoms with E-state index in [0.29, 0.717) is 0 Å². The molecule has 0 aliphatic rings. The van der Waals surface area contributed by atoms with Crippen LogP contribution in [0.3, 0.4) is 0 Å². The predicted octanol–water partition coefficient (Wildman–Crippen LogP) is 3.87. The number of rotatable bonds is 0. The van der Waals surface area contributed by atoms with Crippen molar-refractivity contribution in [3.05, 3.63) is 0 Å². The van der Waals surface area contributed by atoms with Gasteiger partial charge < -0.3 is 51.8 Å². The molecule has 0 heterocycles. The standard InChI is InChI=1S/3BF4.HI.Li.H/c3*2-1(3,4)5;;;/h;;;1H;;/q3*-1;;;. The van der Waals surface area contributed by atoms with Crippen LogP contribution in [-0.4, -0.2) is 40.6 Å². The van der Waals surface area contributed by atoms with Gasteiger partial charge >= 0.3 is 40.6 Å². The van der Waals surface area contributed by atoms with E-state index >= 15 is 0 Å². The van der Waals surface area contributed by atoms with Crippen molar-refractivity contribution in [2.45, 2.75) is 0 Å². The molecule has 0 fully saturated rings. The Kier molecular flexibility index (Phi) is 21.2. The van der Waals surface area contributed by atoms with Crippen LogP contribution in [0, 0.1) is 0 Å². The number of hydrogen-bond acceptors (Lipinski definition) is 0. The molecule has 0 aromatic heterocycles. The molecule has 0 unspecified atom stereocenters. The van der Waals surface area contributed by atoms with E-state index < -0.39 is 21.8 Å². The van der Waals surface area contributed by atoms with Crippen LogP contribution in [0.25, 0.3) is 0 Å². The SMILES string of the molecule is F[B-](F)(F)F.F[B-](F)(F)F.F[B-](F)(F)F.I.[LiH]. The van der Waals surface area contributed by atoms with Crippen molar-refractivity contribution in [1.29, 1.82) is 0 Å². The molecule has 0 aliphatic heterocycles. The van der Waals surface area contributed by atoms with Gasteiger partial charge in [-0.05, 0) is 0 Å². The molecule has 17 heteroatoms. The van der Waals surface area contributed by atoms with E-state index in [1.54, 1.807) is 0 Å². The van der Waals surface area contributed by atoms with E-state index in [2.05, 4.69) is 0 Å². The molecular formula is H2B3F12ILi-3. The first kappa shape index (κ1) is 30.6. The summed E-state index contributed by atoms with van der Waals surface area (Å²) in [7, 11) is -18.0. The molecule has 0 amide bonds. The first-order valence-corrected chi connectivity index (χ1v) is 2.62. The van der Waals surface area contributed by atoms with E-state index in [-0.39, 0.29) is 42.8 Å². The molecule has 0 aliphatic carbocycles. The van der Waals surface area contributed by atoms with Crippen molar-refractivity contribution < 1.29 is 51.8 Å². The van der Waals surface area contributed by atoms with Gasteiger partial charge in [0.2, 0.25) is 0 Å². The van der Waals surface area contributed by atoms with Gasteiger partial charge in [0.1, 0.15) is 0 Å². The molecular weight excluding hydrogens is 394 g/mol. The quantitative estimate of drug-likeness (QED) is 0.331. The molecule has 0 aromatic rings. The maximum atomic E-state index is 9.75. The van der Waals surface area contributed by atoms with Gasteiger partial charge in [-0.15, -0.1) is 24.0 Å². The van der Waals surface area contributed by atoms with Gasteiger partial charge in [0.25, 0.3) is 0 Å².